The highest BCUT2D eigenvalue weighted by molar-refractivity contribution is 5.79. The predicted octanol–water partition coefficient (Wildman–Crippen LogP) is 0.259. The summed E-state index contributed by atoms with van der Waals surface area (Å²) in [6.45, 7) is 2.03. The van der Waals surface area contributed by atoms with E-state index in [4.69, 9.17) is 5.11 Å². The summed E-state index contributed by atoms with van der Waals surface area (Å²) in [6, 6.07) is 6.62. The number of nitrogens with zero attached hydrogens (tertiary/aromatic N) is 2. The third-order valence-electron chi connectivity index (χ3n) is 4.76. The minimum Gasteiger partial charge on any atom is -0.481 e. The highest BCUT2D eigenvalue weighted by Crippen LogP contribution is 2.23. The normalized spacial score (nSPS) is 20.6. The van der Waals surface area contributed by atoms with E-state index in [0.717, 1.165) is 4.57 Å². The predicted molar refractivity (Wildman–Crippen MR) is 90.3 cm³/mol. The van der Waals surface area contributed by atoms with Gasteiger partial charge in [0.15, 0.2) is 0 Å². The Morgan fingerprint density at radius 2 is 2.00 bits per heavy atom. The number of carboxylic acids is 1. The van der Waals surface area contributed by atoms with Gasteiger partial charge in [-0.05, 0) is 24.5 Å². The van der Waals surface area contributed by atoms with Crippen molar-refractivity contribution in [1.82, 2.24) is 14.5 Å². The van der Waals surface area contributed by atoms with E-state index < -0.39 is 23.1 Å². The second kappa shape index (κ2) is 6.54. The van der Waals surface area contributed by atoms with Crippen molar-refractivity contribution < 1.29 is 14.7 Å². The van der Waals surface area contributed by atoms with Crippen LogP contribution >= 0.6 is 0 Å². The van der Waals surface area contributed by atoms with Gasteiger partial charge in [-0.1, -0.05) is 19.1 Å². The number of rotatable bonds is 3. The lowest BCUT2D eigenvalue weighted by molar-refractivity contribution is -0.148. The summed E-state index contributed by atoms with van der Waals surface area (Å²) in [4.78, 5) is 52.4. The van der Waals surface area contributed by atoms with E-state index in [1.807, 2.05) is 0 Å². The lowest BCUT2D eigenvalue weighted by Crippen LogP contribution is -2.48. The Labute approximate surface area is 142 Å². The maximum Gasteiger partial charge on any atom is 0.329 e. The highest BCUT2D eigenvalue weighted by atomic mass is 16.4. The molecule has 3 rings (SSSR count). The fourth-order valence-electron chi connectivity index (χ4n) is 3.32. The van der Waals surface area contributed by atoms with Gasteiger partial charge in [-0.3, -0.25) is 19.0 Å². The van der Waals surface area contributed by atoms with Crippen LogP contribution in [-0.4, -0.2) is 44.5 Å². The molecule has 132 valence electrons. The number of aromatic amines is 1. The molecule has 2 unspecified atom stereocenters. The Kier molecular flexibility index (Phi) is 4.43. The van der Waals surface area contributed by atoms with Crippen LogP contribution in [0.25, 0.3) is 10.9 Å². The van der Waals surface area contributed by atoms with Crippen molar-refractivity contribution in [3.8, 4) is 0 Å². The molecular weight excluding hydrogens is 326 g/mol. The maximum atomic E-state index is 12.5. The molecule has 2 atom stereocenters. The van der Waals surface area contributed by atoms with Crippen LogP contribution in [0.2, 0.25) is 0 Å². The first kappa shape index (κ1) is 16.9. The zero-order valence-corrected chi connectivity index (χ0v) is 13.8. The maximum absolute atomic E-state index is 12.5. The first-order chi connectivity index (χ1) is 11.9. The first-order valence-electron chi connectivity index (χ1n) is 8.11. The summed E-state index contributed by atoms with van der Waals surface area (Å²) in [5.74, 6) is -1.88. The molecule has 1 saturated heterocycles. The number of piperidine rings is 1. The van der Waals surface area contributed by atoms with Crippen molar-refractivity contribution in [1.29, 1.82) is 0 Å². The van der Waals surface area contributed by atoms with Gasteiger partial charge < -0.3 is 15.0 Å². The van der Waals surface area contributed by atoms with Crippen LogP contribution in [0.4, 0.5) is 0 Å². The van der Waals surface area contributed by atoms with Crippen LogP contribution in [0.15, 0.2) is 33.9 Å². The van der Waals surface area contributed by atoms with E-state index in [9.17, 15) is 19.2 Å². The monoisotopic (exact) mass is 345 g/mol. The molecule has 8 nitrogen and oxygen atoms in total. The van der Waals surface area contributed by atoms with Crippen molar-refractivity contribution in [3.63, 3.8) is 0 Å². The van der Waals surface area contributed by atoms with Crippen LogP contribution in [0.1, 0.15) is 13.3 Å². The average molecular weight is 345 g/mol. The molecule has 1 fully saturated rings. The second-order valence-electron chi connectivity index (χ2n) is 6.42. The fourth-order valence-corrected chi connectivity index (χ4v) is 3.32. The van der Waals surface area contributed by atoms with Gasteiger partial charge in [0, 0.05) is 13.1 Å². The Balaban J connectivity index is 1.82. The molecule has 8 heteroatoms. The Morgan fingerprint density at radius 3 is 2.68 bits per heavy atom. The number of fused-ring (bicyclic) bond motifs is 1. The van der Waals surface area contributed by atoms with E-state index in [0.29, 0.717) is 30.4 Å². The van der Waals surface area contributed by atoms with Gasteiger partial charge in [-0.25, -0.2) is 4.79 Å². The zero-order valence-electron chi connectivity index (χ0n) is 13.8. The van der Waals surface area contributed by atoms with Gasteiger partial charge in [0.1, 0.15) is 6.54 Å². The number of aromatic nitrogens is 2. The molecule has 0 aliphatic carbocycles. The van der Waals surface area contributed by atoms with E-state index >= 15 is 0 Å². The molecule has 2 N–H and O–H groups in total. The van der Waals surface area contributed by atoms with Crippen molar-refractivity contribution in [2.24, 2.45) is 11.8 Å². The summed E-state index contributed by atoms with van der Waals surface area (Å²) in [7, 11) is 0. The van der Waals surface area contributed by atoms with Gasteiger partial charge in [0.25, 0.3) is 5.56 Å². The summed E-state index contributed by atoms with van der Waals surface area (Å²) in [5.41, 5.74) is -0.719. The number of nitrogens with one attached hydrogen (secondary N) is 1. The smallest absolute Gasteiger partial charge is 0.329 e. The summed E-state index contributed by atoms with van der Waals surface area (Å²) < 4.78 is 0.888. The van der Waals surface area contributed by atoms with Crippen molar-refractivity contribution in [2.75, 3.05) is 13.1 Å². The number of carbonyl (C=O) groups is 2. The molecule has 1 aliphatic rings. The van der Waals surface area contributed by atoms with Crippen molar-refractivity contribution in [2.45, 2.75) is 19.9 Å². The molecule has 0 saturated carbocycles. The molecule has 1 aromatic heterocycles. The molecular formula is C17H19N3O5. The number of hydrogen-bond donors (Lipinski definition) is 2. The number of H-pyrrole nitrogens is 1. The van der Waals surface area contributed by atoms with E-state index in [-0.39, 0.29) is 18.4 Å². The van der Waals surface area contributed by atoms with Gasteiger partial charge in [-0.2, -0.15) is 0 Å². The molecule has 0 spiro atoms. The lowest BCUT2D eigenvalue weighted by Gasteiger charge is -2.35. The Morgan fingerprint density at radius 1 is 1.28 bits per heavy atom. The molecule has 1 amide bonds. The van der Waals surface area contributed by atoms with Crippen LogP contribution in [0.5, 0.6) is 0 Å². The van der Waals surface area contributed by atoms with Gasteiger partial charge in [0.2, 0.25) is 5.91 Å². The van der Waals surface area contributed by atoms with Crippen LogP contribution < -0.4 is 11.2 Å². The van der Waals surface area contributed by atoms with Crippen LogP contribution in [0, 0.1) is 11.8 Å². The number of benzene rings is 1. The molecule has 1 aliphatic heterocycles. The quantitative estimate of drug-likeness (QED) is 0.828. The topological polar surface area (TPSA) is 112 Å². The molecule has 0 radical (unpaired) electrons. The number of aliphatic carboxylic acids is 1. The molecule has 25 heavy (non-hydrogen) atoms. The van der Waals surface area contributed by atoms with E-state index in [1.54, 1.807) is 31.2 Å². The number of likely N-dealkylation sites (tertiary alicyclic amines) is 1. The minimum atomic E-state index is -0.859. The summed E-state index contributed by atoms with van der Waals surface area (Å²) >= 11 is 0. The largest absolute Gasteiger partial charge is 0.481 e. The van der Waals surface area contributed by atoms with Gasteiger partial charge in [0.05, 0.1) is 16.8 Å². The van der Waals surface area contributed by atoms with Crippen LogP contribution in [-0.2, 0) is 16.1 Å². The number of hydrogen-bond acceptors (Lipinski definition) is 4. The third kappa shape index (κ3) is 3.19. The number of carbonyl (C=O) groups excluding carboxylic acids is 1. The summed E-state index contributed by atoms with van der Waals surface area (Å²) in [6.07, 6.45) is 0.366. The Bertz CT molecular complexity index is 945. The second-order valence-corrected chi connectivity index (χ2v) is 6.42. The minimum absolute atomic E-state index is 0.179. The van der Waals surface area contributed by atoms with Crippen LogP contribution in [0.3, 0.4) is 0 Å². The zero-order chi connectivity index (χ0) is 18.1. The fraction of sp³-hybridized carbons (Fsp3) is 0.412. The third-order valence-corrected chi connectivity index (χ3v) is 4.76. The van der Waals surface area contributed by atoms with Gasteiger partial charge >= 0.3 is 11.7 Å². The molecule has 1 aromatic carbocycles. The lowest BCUT2D eigenvalue weighted by atomic mass is 9.87. The highest BCUT2D eigenvalue weighted by Gasteiger charge is 2.33. The Hall–Kier alpha value is -2.90. The first-order valence-corrected chi connectivity index (χ1v) is 8.11. The number of para-hydroxylation sites is 1. The molecule has 2 aromatic rings. The summed E-state index contributed by atoms with van der Waals surface area (Å²) in [5, 5.41) is 9.49. The van der Waals surface area contributed by atoms with Crippen molar-refractivity contribution >= 4 is 22.8 Å². The number of carboxylic acid groups (broad SMARTS) is 1. The van der Waals surface area contributed by atoms with Crippen molar-refractivity contribution in [3.05, 3.63) is 45.1 Å². The SMILES string of the molecule is CC1CN(C(=O)Cn2c(=O)[nH]c3ccccc3c2=O)CCC1C(=O)O. The molecule has 0 bridgehead atoms. The average Bonchev–Trinajstić information content (AvgIpc) is 2.58. The molecule has 2 heterocycles. The standard InChI is InChI=1S/C17H19N3O5/c1-10-8-19(7-6-11(10)16(23)24)14(21)9-20-15(22)12-4-2-3-5-13(12)18-17(20)25/h2-5,10-11H,6-9H2,1H3,(H,18,25)(H,23,24). The van der Waals surface area contributed by atoms with E-state index in [2.05, 4.69) is 4.98 Å². The number of amides is 1. The van der Waals surface area contributed by atoms with Gasteiger partial charge in [-0.15, -0.1) is 0 Å². The van der Waals surface area contributed by atoms with E-state index in [1.165, 1.54) is 4.90 Å².